The van der Waals surface area contributed by atoms with Crippen LogP contribution in [0, 0.1) is 11.6 Å². The lowest BCUT2D eigenvalue weighted by atomic mass is 9.90. The molecule has 3 aromatic rings. The van der Waals surface area contributed by atoms with Gasteiger partial charge in [-0.05, 0) is 48.9 Å². The van der Waals surface area contributed by atoms with Crippen molar-refractivity contribution in [3.05, 3.63) is 86.7 Å². The van der Waals surface area contributed by atoms with Gasteiger partial charge >= 0.3 is 0 Å². The summed E-state index contributed by atoms with van der Waals surface area (Å²) in [5, 5.41) is 4.26. The molecule has 11 heteroatoms. The zero-order valence-corrected chi connectivity index (χ0v) is 22.3. The Bertz CT molecular complexity index is 1300. The lowest BCUT2D eigenvalue weighted by Gasteiger charge is -2.32. The topological polar surface area (TPSA) is 75.2 Å². The Kier molecular flexibility index (Phi) is 9.00. The second-order valence-corrected chi connectivity index (χ2v) is 10.2. The van der Waals surface area contributed by atoms with Crippen LogP contribution in [0.5, 0.6) is 0 Å². The number of hydrogen-bond donors (Lipinski definition) is 1. The van der Waals surface area contributed by atoms with E-state index in [-0.39, 0.29) is 36.3 Å². The molecule has 0 bridgehead atoms. The Hall–Kier alpha value is -2.75. The first kappa shape index (κ1) is 27.3. The summed E-state index contributed by atoms with van der Waals surface area (Å²) in [4.78, 5) is 36.3. The first-order valence-electron chi connectivity index (χ1n) is 11.6. The van der Waals surface area contributed by atoms with Crippen LogP contribution in [0.4, 0.5) is 8.78 Å². The highest BCUT2D eigenvalue weighted by molar-refractivity contribution is 7.98. The maximum absolute atomic E-state index is 14.0. The number of carbonyl (C=O) groups is 2. The van der Waals surface area contributed by atoms with Crippen molar-refractivity contribution in [2.24, 2.45) is 0 Å². The standard InChI is InChI=1S/C26H24Cl2F2N4O2S/c1-37-26-32-14-18(25(36)31-13-15-5-6-19(27)20(28)11-15)24(33-26)16-7-9-34(10-8-16)23(35)12-17-21(29)3-2-4-22(17)30/h2-6,11,14,16H,7-10,12-13H2,1H3,(H,31,36). The van der Waals surface area contributed by atoms with Gasteiger partial charge in [0, 0.05) is 37.3 Å². The Morgan fingerprint density at radius 2 is 1.81 bits per heavy atom. The molecule has 0 aliphatic carbocycles. The number of nitrogens with one attached hydrogen (secondary N) is 1. The minimum atomic E-state index is -0.731. The molecular formula is C26H24Cl2F2N4O2S. The molecule has 1 saturated heterocycles. The average Bonchev–Trinajstić information content (AvgIpc) is 2.91. The largest absolute Gasteiger partial charge is 0.348 e. The van der Waals surface area contributed by atoms with E-state index in [4.69, 9.17) is 23.2 Å². The second-order valence-electron chi connectivity index (χ2n) is 8.62. The van der Waals surface area contributed by atoms with Gasteiger partial charge in [-0.1, -0.05) is 47.1 Å². The zero-order chi connectivity index (χ0) is 26.5. The van der Waals surface area contributed by atoms with E-state index < -0.39 is 11.6 Å². The average molecular weight is 565 g/mol. The number of piperidine rings is 1. The Morgan fingerprint density at radius 1 is 1.11 bits per heavy atom. The van der Waals surface area contributed by atoms with Gasteiger partial charge in [-0.3, -0.25) is 9.59 Å². The predicted octanol–water partition coefficient (Wildman–Crippen LogP) is 5.66. The van der Waals surface area contributed by atoms with Crippen molar-refractivity contribution in [1.82, 2.24) is 20.2 Å². The Morgan fingerprint density at radius 3 is 2.46 bits per heavy atom. The minimum Gasteiger partial charge on any atom is -0.348 e. The van der Waals surface area contributed by atoms with Gasteiger partial charge in [-0.25, -0.2) is 18.7 Å². The van der Waals surface area contributed by atoms with Crippen molar-refractivity contribution in [2.75, 3.05) is 19.3 Å². The highest BCUT2D eigenvalue weighted by Crippen LogP contribution is 2.31. The van der Waals surface area contributed by atoms with Crippen LogP contribution < -0.4 is 5.32 Å². The fourth-order valence-electron chi connectivity index (χ4n) is 4.26. The van der Waals surface area contributed by atoms with Crippen LogP contribution in [0.15, 0.2) is 47.8 Å². The number of carbonyl (C=O) groups excluding carboxylic acids is 2. The van der Waals surface area contributed by atoms with Gasteiger partial charge in [-0.15, -0.1) is 0 Å². The molecule has 0 spiro atoms. The summed E-state index contributed by atoms with van der Waals surface area (Å²) in [6, 6.07) is 8.70. The number of benzene rings is 2. The van der Waals surface area contributed by atoms with E-state index in [0.717, 1.165) is 17.7 Å². The molecule has 1 aromatic heterocycles. The van der Waals surface area contributed by atoms with Crippen molar-refractivity contribution in [3.63, 3.8) is 0 Å². The lowest BCUT2D eigenvalue weighted by Crippen LogP contribution is -2.39. The SMILES string of the molecule is CSc1ncc(C(=O)NCc2ccc(Cl)c(Cl)c2)c(C2CCN(C(=O)Cc3c(F)cccc3F)CC2)n1. The summed E-state index contributed by atoms with van der Waals surface area (Å²) in [7, 11) is 0. The molecule has 0 unspecified atom stereocenters. The van der Waals surface area contributed by atoms with Crippen LogP contribution in [0.3, 0.4) is 0 Å². The van der Waals surface area contributed by atoms with Crippen molar-refractivity contribution >= 4 is 46.8 Å². The van der Waals surface area contributed by atoms with Gasteiger partial charge < -0.3 is 10.2 Å². The van der Waals surface area contributed by atoms with E-state index in [2.05, 4.69) is 15.3 Å². The first-order valence-corrected chi connectivity index (χ1v) is 13.6. The number of likely N-dealkylation sites (tertiary alicyclic amines) is 1. The number of nitrogens with zero attached hydrogens (tertiary/aromatic N) is 3. The quantitative estimate of drug-likeness (QED) is 0.296. The molecule has 1 aliphatic heterocycles. The summed E-state index contributed by atoms with van der Waals surface area (Å²) >= 11 is 13.4. The van der Waals surface area contributed by atoms with Gasteiger partial charge in [0.25, 0.3) is 5.91 Å². The zero-order valence-electron chi connectivity index (χ0n) is 19.9. The third-order valence-electron chi connectivity index (χ3n) is 6.28. The summed E-state index contributed by atoms with van der Waals surface area (Å²) in [5.74, 6) is -2.19. The third-order valence-corrected chi connectivity index (χ3v) is 7.59. The van der Waals surface area contributed by atoms with Crippen LogP contribution in [0.25, 0.3) is 0 Å². The van der Waals surface area contributed by atoms with Crippen LogP contribution >= 0.6 is 35.0 Å². The Balaban J connectivity index is 1.44. The Labute approximate surface area is 227 Å². The van der Waals surface area contributed by atoms with Crippen molar-refractivity contribution < 1.29 is 18.4 Å². The number of hydrogen-bond acceptors (Lipinski definition) is 5. The van der Waals surface area contributed by atoms with Crippen molar-refractivity contribution in [2.45, 2.75) is 36.9 Å². The van der Waals surface area contributed by atoms with Gasteiger partial charge in [0.1, 0.15) is 11.6 Å². The van der Waals surface area contributed by atoms with E-state index in [9.17, 15) is 18.4 Å². The first-order chi connectivity index (χ1) is 17.8. The maximum Gasteiger partial charge on any atom is 0.254 e. The molecule has 2 aromatic carbocycles. The molecule has 1 aliphatic rings. The van der Waals surface area contributed by atoms with E-state index in [0.29, 0.717) is 52.4 Å². The fraction of sp³-hybridized carbons (Fsp3) is 0.308. The lowest BCUT2D eigenvalue weighted by molar-refractivity contribution is -0.131. The summed E-state index contributed by atoms with van der Waals surface area (Å²) in [6.07, 6.45) is 4.16. The van der Waals surface area contributed by atoms with E-state index in [1.54, 1.807) is 23.1 Å². The fourth-order valence-corrected chi connectivity index (χ4v) is 4.92. The predicted molar refractivity (Wildman–Crippen MR) is 140 cm³/mol. The van der Waals surface area contributed by atoms with Gasteiger partial charge in [-0.2, -0.15) is 0 Å². The highest BCUT2D eigenvalue weighted by atomic mass is 35.5. The van der Waals surface area contributed by atoms with Crippen molar-refractivity contribution in [3.8, 4) is 0 Å². The monoisotopic (exact) mass is 564 g/mol. The van der Waals surface area contributed by atoms with Crippen molar-refractivity contribution in [1.29, 1.82) is 0 Å². The summed E-state index contributed by atoms with van der Waals surface area (Å²) in [5.41, 5.74) is 1.56. The highest BCUT2D eigenvalue weighted by Gasteiger charge is 2.29. The molecule has 6 nitrogen and oxygen atoms in total. The van der Waals surface area contributed by atoms with E-state index in [1.165, 1.54) is 24.0 Å². The summed E-state index contributed by atoms with van der Waals surface area (Å²) < 4.78 is 28.0. The van der Waals surface area contributed by atoms with Crippen LogP contribution in [-0.2, 0) is 17.8 Å². The smallest absolute Gasteiger partial charge is 0.254 e. The number of halogens is 4. The number of thioether (sulfide) groups is 1. The number of aromatic nitrogens is 2. The van der Waals surface area contributed by atoms with Gasteiger partial charge in [0.05, 0.1) is 27.7 Å². The molecule has 4 rings (SSSR count). The van der Waals surface area contributed by atoms with Crippen LogP contribution in [-0.4, -0.2) is 46.0 Å². The molecule has 2 heterocycles. The third kappa shape index (κ3) is 6.58. The molecule has 0 atom stereocenters. The van der Waals surface area contributed by atoms with E-state index >= 15 is 0 Å². The minimum absolute atomic E-state index is 0.0751. The molecule has 1 fully saturated rings. The molecule has 37 heavy (non-hydrogen) atoms. The summed E-state index contributed by atoms with van der Waals surface area (Å²) in [6.45, 7) is 1.03. The van der Waals surface area contributed by atoms with Gasteiger partial charge in [0.15, 0.2) is 5.16 Å². The molecule has 194 valence electrons. The number of rotatable bonds is 7. The normalized spacial score (nSPS) is 14.0. The van der Waals surface area contributed by atoms with Crippen LogP contribution in [0.1, 0.15) is 45.9 Å². The molecule has 2 amide bonds. The molecule has 0 radical (unpaired) electrons. The van der Waals surface area contributed by atoms with Crippen LogP contribution in [0.2, 0.25) is 10.0 Å². The van der Waals surface area contributed by atoms with E-state index in [1.807, 2.05) is 6.26 Å². The maximum atomic E-state index is 14.0. The molecule has 0 saturated carbocycles. The number of amides is 2. The molecular weight excluding hydrogens is 541 g/mol. The van der Waals surface area contributed by atoms with Gasteiger partial charge in [0.2, 0.25) is 5.91 Å². The second kappa shape index (κ2) is 12.2. The molecule has 1 N–H and O–H groups in total.